The lowest BCUT2D eigenvalue weighted by Crippen LogP contribution is -2.41. The normalized spacial score (nSPS) is 41.6. The number of fused-ring (bicyclic) bond motifs is 2. The summed E-state index contributed by atoms with van der Waals surface area (Å²) >= 11 is 0. The van der Waals surface area contributed by atoms with Crippen LogP contribution in [-0.4, -0.2) is 5.78 Å². The van der Waals surface area contributed by atoms with E-state index in [0.717, 1.165) is 25.7 Å². The predicted octanol–water partition coefficient (Wildman–Crippen LogP) is 2.71. The first-order valence-corrected chi connectivity index (χ1v) is 4.85. The molecule has 2 unspecified atom stereocenters. The second-order valence-electron chi connectivity index (χ2n) is 4.53. The number of allylic oxidation sites excluding steroid dienone is 1. The number of hydrogen-bond donors (Lipinski definition) is 0. The van der Waals surface area contributed by atoms with Crippen LogP contribution in [0.2, 0.25) is 0 Å². The van der Waals surface area contributed by atoms with E-state index in [9.17, 15) is 4.79 Å². The molecule has 2 atom stereocenters. The van der Waals surface area contributed by atoms with Crippen molar-refractivity contribution in [2.45, 2.75) is 39.0 Å². The first kappa shape index (κ1) is 8.03. The molecule has 0 amide bonds. The summed E-state index contributed by atoms with van der Waals surface area (Å²) in [4.78, 5) is 11.9. The van der Waals surface area contributed by atoms with Gasteiger partial charge in [0.05, 0.1) is 0 Å². The van der Waals surface area contributed by atoms with Gasteiger partial charge in [0.25, 0.3) is 0 Å². The van der Waals surface area contributed by atoms with E-state index in [1.165, 1.54) is 12.0 Å². The molecule has 2 aliphatic carbocycles. The molecule has 2 aliphatic rings. The molecule has 0 aromatic carbocycles. The van der Waals surface area contributed by atoms with Crippen molar-refractivity contribution in [2.24, 2.45) is 11.3 Å². The molecule has 0 spiro atoms. The van der Waals surface area contributed by atoms with Gasteiger partial charge in [0.1, 0.15) is 5.78 Å². The molecule has 0 aromatic heterocycles. The van der Waals surface area contributed by atoms with Crippen molar-refractivity contribution in [3.63, 3.8) is 0 Å². The largest absolute Gasteiger partial charge is 0.298 e. The molecule has 0 heterocycles. The second kappa shape index (κ2) is 2.45. The van der Waals surface area contributed by atoms with E-state index in [2.05, 4.69) is 13.5 Å². The maximum atomic E-state index is 11.9. The van der Waals surface area contributed by atoms with Crippen LogP contribution in [0.25, 0.3) is 0 Å². The summed E-state index contributed by atoms with van der Waals surface area (Å²) in [6.45, 7) is 6.13. The number of rotatable bonds is 0. The Morgan fingerprint density at radius 3 is 2.92 bits per heavy atom. The Labute approximate surface area is 73.8 Å². The minimum atomic E-state index is 0.0180. The molecule has 1 nitrogen and oxygen atoms in total. The van der Waals surface area contributed by atoms with Crippen LogP contribution in [0.5, 0.6) is 0 Å². The molecule has 66 valence electrons. The summed E-state index contributed by atoms with van der Waals surface area (Å²) in [5, 5.41) is 0. The van der Waals surface area contributed by atoms with Gasteiger partial charge in [-0.2, -0.15) is 0 Å². The summed E-state index contributed by atoms with van der Waals surface area (Å²) in [5.74, 6) is 0.697. The van der Waals surface area contributed by atoms with Gasteiger partial charge in [-0.25, -0.2) is 0 Å². The van der Waals surface area contributed by atoms with E-state index in [0.29, 0.717) is 5.78 Å². The van der Waals surface area contributed by atoms with Gasteiger partial charge >= 0.3 is 0 Å². The number of hydrogen-bond acceptors (Lipinski definition) is 1. The lowest BCUT2D eigenvalue weighted by Gasteiger charge is -2.42. The molecule has 1 heteroatoms. The van der Waals surface area contributed by atoms with Gasteiger partial charge in [0.15, 0.2) is 0 Å². The van der Waals surface area contributed by atoms with Crippen molar-refractivity contribution in [3.05, 3.63) is 12.2 Å². The van der Waals surface area contributed by atoms with E-state index >= 15 is 0 Å². The lowest BCUT2D eigenvalue weighted by atomic mass is 9.61. The van der Waals surface area contributed by atoms with Crippen LogP contribution in [0.15, 0.2) is 12.2 Å². The molecule has 2 saturated carbocycles. The minimum absolute atomic E-state index is 0.0180. The third-order valence-electron chi connectivity index (χ3n) is 3.62. The van der Waals surface area contributed by atoms with Gasteiger partial charge in [0.2, 0.25) is 0 Å². The number of ketones is 1. The molecule has 0 N–H and O–H groups in total. The van der Waals surface area contributed by atoms with E-state index < -0.39 is 0 Å². The monoisotopic (exact) mass is 164 g/mol. The van der Waals surface area contributed by atoms with Gasteiger partial charge in [-0.15, -0.1) is 0 Å². The van der Waals surface area contributed by atoms with E-state index in [1.54, 1.807) is 0 Å². The van der Waals surface area contributed by atoms with Gasteiger partial charge in [-0.1, -0.05) is 25.5 Å². The van der Waals surface area contributed by atoms with Crippen LogP contribution >= 0.6 is 0 Å². The highest BCUT2D eigenvalue weighted by Gasteiger charge is 2.44. The number of carbonyl (C=O) groups excluding carboxylic acids is 1. The zero-order valence-corrected chi connectivity index (χ0v) is 7.73. The Bertz CT molecular complexity index is 241. The molecule has 12 heavy (non-hydrogen) atoms. The summed E-state index contributed by atoms with van der Waals surface area (Å²) in [6, 6.07) is 0. The molecule has 2 fully saturated rings. The van der Waals surface area contributed by atoms with Gasteiger partial charge in [-0.3, -0.25) is 4.79 Å². The first-order valence-electron chi connectivity index (χ1n) is 4.85. The van der Waals surface area contributed by atoms with Crippen LogP contribution in [0.1, 0.15) is 39.0 Å². The van der Waals surface area contributed by atoms with Gasteiger partial charge in [0, 0.05) is 11.3 Å². The van der Waals surface area contributed by atoms with Gasteiger partial charge in [-0.05, 0) is 25.7 Å². The predicted molar refractivity (Wildman–Crippen MR) is 48.8 cm³/mol. The number of carbonyl (C=O) groups is 1. The van der Waals surface area contributed by atoms with Crippen LogP contribution in [0, 0.1) is 11.3 Å². The Morgan fingerprint density at radius 2 is 2.25 bits per heavy atom. The Kier molecular flexibility index (Phi) is 1.64. The summed E-state index contributed by atoms with van der Waals surface area (Å²) in [6.07, 6.45) is 5.50. The number of Topliss-reactive ketones (excluding diaryl/α,β-unsaturated/α-hetero) is 1. The summed E-state index contributed by atoms with van der Waals surface area (Å²) in [5.41, 5.74) is 1.21. The zero-order chi connectivity index (χ0) is 8.77. The molecule has 2 bridgehead atoms. The van der Waals surface area contributed by atoms with Crippen molar-refractivity contribution >= 4 is 5.78 Å². The van der Waals surface area contributed by atoms with Gasteiger partial charge < -0.3 is 0 Å². The topological polar surface area (TPSA) is 17.1 Å². The van der Waals surface area contributed by atoms with Crippen molar-refractivity contribution in [1.29, 1.82) is 0 Å². The van der Waals surface area contributed by atoms with Crippen molar-refractivity contribution < 1.29 is 4.79 Å². The third-order valence-corrected chi connectivity index (χ3v) is 3.62. The highest BCUT2D eigenvalue weighted by molar-refractivity contribution is 5.90. The smallest absolute Gasteiger partial charge is 0.145 e. The molecule has 0 aromatic rings. The van der Waals surface area contributed by atoms with Crippen LogP contribution in [0.3, 0.4) is 0 Å². The quantitative estimate of drug-likeness (QED) is 0.503. The van der Waals surface area contributed by atoms with Crippen LogP contribution in [-0.2, 0) is 4.79 Å². The maximum Gasteiger partial charge on any atom is 0.145 e. The fraction of sp³-hybridized carbons (Fsp3) is 0.727. The average molecular weight is 164 g/mol. The van der Waals surface area contributed by atoms with E-state index in [-0.39, 0.29) is 11.3 Å². The van der Waals surface area contributed by atoms with E-state index in [1.807, 2.05) is 0 Å². The fourth-order valence-corrected chi connectivity index (χ4v) is 2.62. The molecule has 0 aliphatic heterocycles. The molecule has 0 radical (unpaired) electrons. The third kappa shape index (κ3) is 0.954. The Morgan fingerprint density at radius 1 is 1.50 bits per heavy atom. The van der Waals surface area contributed by atoms with Crippen molar-refractivity contribution in [2.75, 3.05) is 0 Å². The lowest BCUT2D eigenvalue weighted by molar-refractivity contribution is -0.136. The Hall–Kier alpha value is -0.590. The molecular formula is C11H16O. The summed E-state index contributed by atoms with van der Waals surface area (Å²) in [7, 11) is 0. The standard InChI is InChI=1S/C11H16O/c1-8-5-7-11(2)6-3-4-9(8)10(11)12/h9H,1,3-7H2,2H3. The fourth-order valence-electron chi connectivity index (χ4n) is 2.62. The Balaban J connectivity index is 2.31. The highest BCUT2D eigenvalue weighted by atomic mass is 16.1. The summed E-state index contributed by atoms with van der Waals surface area (Å²) < 4.78 is 0. The first-order chi connectivity index (χ1) is 5.63. The van der Waals surface area contributed by atoms with E-state index in [4.69, 9.17) is 0 Å². The molecule has 0 saturated heterocycles. The molecule has 2 rings (SSSR count). The van der Waals surface area contributed by atoms with Crippen molar-refractivity contribution in [1.82, 2.24) is 0 Å². The second-order valence-corrected chi connectivity index (χ2v) is 4.53. The zero-order valence-electron chi connectivity index (χ0n) is 7.73. The average Bonchev–Trinajstić information content (AvgIpc) is 2.03. The van der Waals surface area contributed by atoms with Crippen LogP contribution < -0.4 is 0 Å². The van der Waals surface area contributed by atoms with Crippen molar-refractivity contribution in [3.8, 4) is 0 Å². The SMILES string of the molecule is C=C1CCC2(C)CCCC1C2=O. The maximum absolute atomic E-state index is 11.9. The minimum Gasteiger partial charge on any atom is -0.298 e. The van der Waals surface area contributed by atoms with Crippen LogP contribution in [0.4, 0.5) is 0 Å². The highest BCUT2D eigenvalue weighted by Crippen LogP contribution is 2.47. The molecular weight excluding hydrogens is 148 g/mol.